The van der Waals surface area contributed by atoms with Crippen LogP contribution < -0.4 is 14.4 Å². The topological polar surface area (TPSA) is 96.0 Å². The Morgan fingerprint density at radius 1 is 0.891 bits per heavy atom. The molecule has 242 valence electrons. The fraction of sp³-hybridized carbons (Fsp3) is 0.257. The largest absolute Gasteiger partial charge is 0.492 e. The van der Waals surface area contributed by atoms with Crippen LogP contribution >= 0.6 is 11.6 Å². The number of hydrogen-bond acceptors (Lipinski definition) is 5. The highest BCUT2D eigenvalue weighted by atomic mass is 35.5. The van der Waals surface area contributed by atoms with Crippen molar-refractivity contribution in [3.63, 3.8) is 0 Å². The molecule has 0 aliphatic rings. The van der Waals surface area contributed by atoms with E-state index in [1.54, 1.807) is 51.1 Å². The zero-order chi connectivity index (χ0) is 33.3. The minimum absolute atomic E-state index is 0.102. The summed E-state index contributed by atoms with van der Waals surface area (Å²) in [6, 6.07) is 25.8. The van der Waals surface area contributed by atoms with Gasteiger partial charge in [0.15, 0.2) is 0 Å². The van der Waals surface area contributed by atoms with Gasteiger partial charge < -0.3 is 15.0 Å². The Morgan fingerprint density at radius 3 is 2.17 bits per heavy atom. The van der Waals surface area contributed by atoms with Crippen LogP contribution in [0.3, 0.4) is 0 Å². The van der Waals surface area contributed by atoms with E-state index in [1.165, 1.54) is 47.4 Å². The first-order valence-electron chi connectivity index (χ1n) is 14.9. The van der Waals surface area contributed by atoms with Crippen molar-refractivity contribution in [3.8, 4) is 5.75 Å². The van der Waals surface area contributed by atoms with E-state index in [9.17, 15) is 18.0 Å². The van der Waals surface area contributed by atoms with Crippen molar-refractivity contribution in [2.24, 2.45) is 0 Å². The van der Waals surface area contributed by atoms with E-state index < -0.39 is 40.2 Å². The number of hydrogen-bond donors (Lipinski definition) is 1. The first-order valence-corrected chi connectivity index (χ1v) is 16.7. The van der Waals surface area contributed by atoms with E-state index in [4.69, 9.17) is 16.3 Å². The van der Waals surface area contributed by atoms with Gasteiger partial charge >= 0.3 is 0 Å². The number of sulfonamides is 1. The molecule has 0 unspecified atom stereocenters. The minimum Gasteiger partial charge on any atom is -0.492 e. The van der Waals surface area contributed by atoms with Crippen molar-refractivity contribution >= 4 is 39.1 Å². The van der Waals surface area contributed by atoms with Gasteiger partial charge in [0.1, 0.15) is 24.2 Å². The SMILES string of the molecule is CCOc1ccccc1N(CC(=O)N(Cc1ccccc1F)[C@@H](Cc1ccccc1)C(=O)NC(C)C)S(=O)(=O)c1ccc(Cl)cc1. The van der Waals surface area contributed by atoms with Crippen LogP contribution in [0.1, 0.15) is 31.9 Å². The number of amides is 2. The van der Waals surface area contributed by atoms with Crippen LogP contribution in [0, 0.1) is 5.82 Å². The van der Waals surface area contributed by atoms with E-state index in [2.05, 4.69) is 5.32 Å². The zero-order valence-corrected chi connectivity index (χ0v) is 27.5. The number of nitrogens with one attached hydrogen (secondary N) is 1. The Kier molecular flexibility index (Phi) is 11.8. The summed E-state index contributed by atoms with van der Waals surface area (Å²) in [5, 5.41) is 3.22. The van der Waals surface area contributed by atoms with Gasteiger partial charge in [0.05, 0.1) is 17.2 Å². The lowest BCUT2D eigenvalue weighted by molar-refractivity contribution is -0.140. The van der Waals surface area contributed by atoms with Crippen LogP contribution in [0.15, 0.2) is 108 Å². The lowest BCUT2D eigenvalue weighted by atomic mass is 10.0. The average Bonchev–Trinajstić information content (AvgIpc) is 3.03. The van der Waals surface area contributed by atoms with Gasteiger partial charge in [-0.3, -0.25) is 13.9 Å². The third kappa shape index (κ3) is 8.64. The van der Waals surface area contributed by atoms with E-state index in [0.29, 0.717) is 5.02 Å². The molecule has 46 heavy (non-hydrogen) atoms. The molecule has 0 saturated heterocycles. The monoisotopic (exact) mass is 665 g/mol. The standard InChI is InChI=1S/C35H37ClFN3O5S/c1-4-45-33-17-11-10-16-31(33)40(46(43,44)29-20-18-28(36)19-21-29)24-34(41)39(23-27-14-8-9-15-30(27)37)32(35(42)38-25(2)3)22-26-12-6-5-7-13-26/h5-21,25,32H,4,22-24H2,1-3H3,(H,38,42)/t32-/m0/s1. The normalized spacial score (nSPS) is 12.0. The average molecular weight is 666 g/mol. The molecule has 0 saturated carbocycles. The second kappa shape index (κ2) is 15.7. The first kappa shape index (κ1) is 34.5. The Morgan fingerprint density at radius 2 is 1.52 bits per heavy atom. The molecule has 0 aromatic heterocycles. The fourth-order valence-corrected chi connectivity index (χ4v) is 6.48. The summed E-state index contributed by atoms with van der Waals surface area (Å²) in [4.78, 5) is 29.4. The summed E-state index contributed by atoms with van der Waals surface area (Å²) in [6.07, 6.45) is 0.110. The summed E-state index contributed by atoms with van der Waals surface area (Å²) in [5.74, 6) is -1.48. The van der Waals surface area contributed by atoms with Crippen molar-refractivity contribution in [2.45, 2.75) is 50.7 Å². The third-order valence-corrected chi connectivity index (χ3v) is 9.14. The van der Waals surface area contributed by atoms with Crippen LogP contribution in [0.25, 0.3) is 0 Å². The lowest BCUT2D eigenvalue weighted by Gasteiger charge is -2.34. The summed E-state index contributed by atoms with van der Waals surface area (Å²) in [5.41, 5.74) is 1.07. The predicted molar refractivity (Wildman–Crippen MR) is 178 cm³/mol. The highest BCUT2D eigenvalue weighted by Gasteiger charge is 2.36. The molecule has 4 aromatic carbocycles. The van der Waals surface area contributed by atoms with Crippen molar-refractivity contribution in [1.82, 2.24) is 10.2 Å². The number of carbonyl (C=O) groups excluding carboxylic acids is 2. The van der Waals surface area contributed by atoms with Gasteiger partial charge in [-0.1, -0.05) is 72.3 Å². The number of rotatable bonds is 14. The lowest BCUT2D eigenvalue weighted by Crippen LogP contribution is -2.54. The Hall–Kier alpha value is -4.41. The second-order valence-electron chi connectivity index (χ2n) is 10.8. The molecule has 4 rings (SSSR count). The maximum absolute atomic E-state index is 15.1. The number of ether oxygens (including phenoxy) is 1. The van der Waals surface area contributed by atoms with Gasteiger partial charge in [0.25, 0.3) is 10.0 Å². The van der Waals surface area contributed by atoms with E-state index in [0.717, 1.165) is 9.87 Å². The number of halogens is 2. The Labute approximate surface area is 274 Å². The quantitative estimate of drug-likeness (QED) is 0.172. The second-order valence-corrected chi connectivity index (χ2v) is 13.1. The van der Waals surface area contributed by atoms with Crippen molar-refractivity contribution < 1.29 is 27.1 Å². The molecule has 1 atom stereocenters. The summed E-state index contributed by atoms with van der Waals surface area (Å²) in [6.45, 7) is 4.61. The van der Waals surface area contributed by atoms with E-state index in [1.807, 2.05) is 30.3 Å². The molecule has 11 heteroatoms. The van der Waals surface area contributed by atoms with Gasteiger partial charge in [-0.2, -0.15) is 0 Å². The highest BCUT2D eigenvalue weighted by Crippen LogP contribution is 2.33. The molecule has 0 spiro atoms. The van der Waals surface area contributed by atoms with Crippen LogP contribution in [0.5, 0.6) is 5.75 Å². The maximum Gasteiger partial charge on any atom is 0.264 e. The first-order chi connectivity index (χ1) is 22.0. The van der Waals surface area contributed by atoms with E-state index in [-0.39, 0.29) is 47.5 Å². The molecule has 2 amide bonds. The molecule has 0 radical (unpaired) electrons. The van der Waals surface area contributed by atoms with Crippen molar-refractivity contribution in [2.75, 3.05) is 17.5 Å². The van der Waals surface area contributed by atoms with Gasteiger partial charge in [0.2, 0.25) is 11.8 Å². The molecule has 4 aromatic rings. The molecule has 8 nitrogen and oxygen atoms in total. The third-order valence-electron chi connectivity index (χ3n) is 7.11. The summed E-state index contributed by atoms with van der Waals surface area (Å²) < 4.78 is 50.2. The number of benzene rings is 4. The molecule has 0 fully saturated rings. The Bertz CT molecular complexity index is 1740. The van der Waals surface area contributed by atoms with Gasteiger partial charge in [-0.15, -0.1) is 0 Å². The molecule has 0 aliphatic heterocycles. The minimum atomic E-state index is -4.37. The maximum atomic E-state index is 15.1. The zero-order valence-electron chi connectivity index (χ0n) is 25.9. The van der Waals surface area contributed by atoms with Crippen LogP contribution in [0.2, 0.25) is 5.02 Å². The highest BCUT2D eigenvalue weighted by molar-refractivity contribution is 7.92. The van der Waals surface area contributed by atoms with Gasteiger partial charge in [-0.05, 0) is 68.8 Å². The fourth-order valence-electron chi connectivity index (χ4n) is 4.93. The number of carbonyl (C=O) groups is 2. The number of anilines is 1. The van der Waals surface area contributed by atoms with Crippen LogP contribution in [-0.4, -0.2) is 50.4 Å². The molecular formula is C35H37ClFN3O5S. The van der Waals surface area contributed by atoms with Crippen LogP contribution in [-0.2, 0) is 32.6 Å². The predicted octanol–water partition coefficient (Wildman–Crippen LogP) is 6.24. The van der Waals surface area contributed by atoms with Crippen LogP contribution in [0.4, 0.5) is 10.1 Å². The molecule has 0 aliphatic carbocycles. The summed E-state index contributed by atoms with van der Waals surface area (Å²) >= 11 is 6.05. The van der Waals surface area contributed by atoms with Gasteiger partial charge in [0, 0.05) is 29.6 Å². The molecule has 0 bridgehead atoms. The van der Waals surface area contributed by atoms with E-state index >= 15 is 4.39 Å². The number of nitrogens with zero attached hydrogens (tertiary/aromatic N) is 2. The number of para-hydroxylation sites is 2. The van der Waals surface area contributed by atoms with Crippen molar-refractivity contribution in [3.05, 3.63) is 125 Å². The van der Waals surface area contributed by atoms with Crippen molar-refractivity contribution in [1.29, 1.82) is 0 Å². The molecule has 0 heterocycles. The molecular weight excluding hydrogens is 629 g/mol. The smallest absolute Gasteiger partial charge is 0.264 e. The Balaban J connectivity index is 1.85. The molecule has 1 N–H and O–H groups in total. The summed E-state index contributed by atoms with van der Waals surface area (Å²) in [7, 11) is -4.37. The van der Waals surface area contributed by atoms with Gasteiger partial charge in [-0.25, -0.2) is 12.8 Å².